The third-order valence-electron chi connectivity index (χ3n) is 6.44. The second-order valence-electron chi connectivity index (χ2n) is 9.04. The smallest absolute Gasteiger partial charge is 0.295 e. The standard InChI is InChI=1S/C29H35NO8/c1-4-6-14-36-21-10-8-19(17-23(21)35-5-2)26-25(28(32)29(33)30(26)12-7-13-34-3)27(31)20-9-11-22-24(18-20)38-16-15-37-22/h8-11,17-18,26,31H,4-7,12-16H2,1-3H3. The highest BCUT2D eigenvalue weighted by Crippen LogP contribution is 2.43. The lowest BCUT2D eigenvalue weighted by Crippen LogP contribution is -2.31. The molecule has 1 amide bonds. The van der Waals surface area contributed by atoms with Crippen molar-refractivity contribution >= 4 is 17.4 Å². The van der Waals surface area contributed by atoms with Gasteiger partial charge in [0.25, 0.3) is 11.7 Å². The predicted octanol–water partition coefficient (Wildman–Crippen LogP) is 4.49. The van der Waals surface area contributed by atoms with Gasteiger partial charge in [-0.2, -0.15) is 0 Å². The van der Waals surface area contributed by atoms with Crippen LogP contribution in [0.1, 0.15) is 50.3 Å². The molecule has 0 saturated carbocycles. The number of amides is 1. The van der Waals surface area contributed by atoms with Gasteiger partial charge in [-0.15, -0.1) is 0 Å². The first-order chi connectivity index (χ1) is 18.5. The zero-order chi connectivity index (χ0) is 27.1. The fourth-order valence-corrected chi connectivity index (χ4v) is 4.59. The van der Waals surface area contributed by atoms with E-state index in [4.69, 9.17) is 23.7 Å². The van der Waals surface area contributed by atoms with Crippen LogP contribution in [0.4, 0.5) is 0 Å². The molecule has 1 N–H and O–H groups in total. The van der Waals surface area contributed by atoms with Crippen LogP contribution in [-0.4, -0.2) is 68.4 Å². The molecule has 0 aliphatic carbocycles. The number of benzene rings is 2. The van der Waals surface area contributed by atoms with Crippen LogP contribution in [-0.2, 0) is 14.3 Å². The molecule has 9 heteroatoms. The van der Waals surface area contributed by atoms with E-state index < -0.39 is 17.7 Å². The van der Waals surface area contributed by atoms with Gasteiger partial charge >= 0.3 is 0 Å². The first kappa shape index (κ1) is 27.3. The maximum absolute atomic E-state index is 13.3. The number of aliphatic hydroxyl groups excluding tert-OH is 1. The summed E-state index contributed by atoms with van der Waals surface area (Å²) in [6.45, 7) is 6.45. The molecular weight excluding hydrogens is 490 g/mol. The molecule has 2 aromatic carbocycles. The topological polar surface area (TPSA) is 104 Å². The molecule has 0 spiro atoms. The normalized spacial score (nSPS) is 18.1. The number of rotatable bonds is 12. The summed E-state index contributed by atoms with van der Waals surface area (Å²) in [6.07, 6.45) is 2.43. The highest BCUT2D eigenvalue weighted by atomic mass is 16.6. The van der Waals surface area contributed by atoms with Gasteiger partial charge in [0, 0.05) is 25.8 Å². The first-order valence-corrected chi connectivity index (χ1v) is 13.1. The maximum Gasteiger partial charge on any atom is 0.295 e. The van der Waals surface area contributed by atoms with Crippen molar-refractivity contribution in [2.45, 2.75) is 39.2 Å². The molecule has 1 fully saturated rings. The van der Waals surface area contributed by atoms with Crippen LogP contribution in [0.15, 0.2) is 42.0 Å². The summed E-state index contributed by atoms with van der Waals surface area (Å²) in [5.41, 5.74) is 0.997. The molecule has 2 aliphatic rings. The number of nitrogens with zero attached hydrogens (tertiary/aromatic N) is 1. The van der Waals surface area contributed by atoms with Gasteiger partial charge in [-0.1, -0.05) is 19.4 Å². The molecule has 38 heavy (non-hydrogen) atoms. The molecule has 0 bridgehead atoms. The number of unbranched alkanes of at least 4 members (excludes halogenated alkanes) is 1. The average Bonchev–Trinajstić information content (AvgIpc) is 3.18. The van der Waals surface area contributed by atoms with Gasteiger partial charge in [0.1, 0.15) is 19.0 Å². The van der Waals surface area contributed by atoms with Crippen molar-refractivity contribution < 1.29 is 38.4 Å². The van der Waals surface area contributed by atoms with E-state index in [9.17, 15) is 14.7 Å². The molecule has 0 radical (unpaired) electrons. The maximum atomic E-state index is 13.3. The summed E-state index contributed by atoms with van der Waals surface area (Å²) < 4.78 is 28.2. The number of ether oxygens (including phenoxy) is 5. The highest BCUT2D eigenvalue weighted by molar-refractivity contribution is 6.46. The molecule has 4 rings (SSSR count). The van der Waals surface area contributed by atoms with Gasteiger partial charge in [-0.25, -0.2) is 0 Å². The van der Waals surface area contributed by atoms with Crippen molar-refractivity contribution in [1.29, 1.82) is 0 Å². The summed E-state index contributed by atoms with van der Waals surface area (Å²) in [6, 6.07) is 9.51. The van der Waals surface area contributed by atoms with E-state index in [-0.39, 0.29) is 17.9 Å². The Bertz CT molecular complexity index is 1190. The van der Waals surface area contributed by atoms with E-state index in [2.05, 4.69) is 6.92 Å². The minimum absolute atomic E-state index is 0.00574. The third kappa shape index (κ3) is 5.72. The van der Waals surface area contributed by atoms with Crippen LogP contribution in [0, 0.1) is 0 Å². The minimum atomic E-state index is -0.816. The average molecular weight is 526 g/mol. The molecule has 2 aliphatic heterocycles. The number of aliphatic hydroxyl groups is 1. The largest absolute Gasteiger partial charge is 0.507 e. The summed E-state index contributed by atoms with van der Waals surface area (Å²) in [5, 5.41) is 11.4. The fourth-order valence-electron chi connectivity index (χ4n) is 4.59. The third-order valence-corrected chi connectivity index (χ3v) is 6.44. The number of likely N-dealkylation sites (tertiary alicyclic amines) is 1. The zero-order valence-electron chi connectivity index (χ0n) is 22.2. The molecule has 0 aromatic heterocycles. The molecule has 1 saturated heterocycles. The Morgan fingerprint density at radius 2 is 1.76 bits per heavy atom. The van der Waals surface area contributed by atoms with Crippen molar-refractivity contribution in [3.8, 4) is 23.0 Å². The van der Waals surface area contributed by atoms with Gasteiger partial charge in [0.05, 0.1) is 24.8 Å². The number of carbonyl (C=O) groups excluding carboxylic acids is 2. The molecular formula is C29H35NO8. The van der Waals surface area contributed by atoms with E-state index in [0.717, 1.165) is 12.8 Å². The van der Waals surface area contributed by atoms with E-state index in [1.165, 1.54) is 4.90 Å². The molecule has 2 aromatic rings. The van der Waals surface area contributed by atoms with E-state index in [1.54, 1.807) is 43.5 Å². The van der Waals surface area contributed by atoms with E-state index in [0.29, 0.717) is 73.6 Å². The monoisotopic (exact) mass is 525 g/mol. The number of carbonyl (C=O) groups is 2. The number of hydrogen-bond acceptors (Lipinski definition) is 8. The minimum Gasteiger partial charge on any atom is -0.507 e. The summed E-state index contributed by atoms with van der Waals surface area (Å²) >= 11 is 0. The van der Waals surface area contributed by atoms with Crippen LogP contribution in [0.3, 0.4) is 0 Å². The molecule has 1 unspecified atom stereocenters. The zero-order valence-corrected chi connectivity index (χ0v) is 22.2. The lowest BCUT2D eigenvalue weighted by molar-refractivity contribution is -0.140. The molecule has 204 valence electrons. The van der Waals surface area contributed by atoms with Gasteiger partial charge in [0.15, 0.2) is 23.0 Å². The SMILES string of the molecule is CCCCOc1ccc(C2C(=C(O)c3ccc4c(c3)OCCO4)C(=O)C(=O)N2CCCOC)cc1OCC. The number of fused-ring (bicyclic) bond motifs is 1. The number of hydrogen-bond donors (Lipinski definition) is 1. The molecule has 2 heterocycles. The van der Waals surface area contributed by atoms with Crippen molar-refractivity contribution in [2.24, 2.45) is 0 Å². The van der Waals surface area contributed by atoms with Gasteiger partial charge in [-0.3, -0.25) is 9.59 Å². The quantitative estimate of drug-likeness (QED) is 0.187. The Hall–Kier alpha value is -3.72. The van der Waals surface area contributed by atoms with Crippen LogP contribution < -0.4 is 18.9 Å². The lowest BCUT2D eigenvalue weighted by atomic mass is 9.94. The van der Waals surface area contributed by atoms with Crippen molar-refractivity contribution in [1.82, 2.24) is 4.90 Å². The van der Waals surface area contributed by atoms with E-state index in [1.807, 2.05) is 6.92 Å². The van der Waals surface area contributed by atoms with Crippen LogP contribution in [0.5, 0.6) is 23.0 Å². The Morgan fingerprint density at radius 3 is 2.50 bits per heavy atom. The van der Waals surface area contributed by atoms with Gasteiger partial charge < -0.3 is 33.7 Å². The van der Waals surface area contributed by atoms with E-state index >= 15 is 0 Å². The van der Waals surface area contributed by atoms with Crippen molar-refractivity contribution in [3.63, 3.8) is 0 Å². The fraction of sp³-hybridized carbons (Fsp3) is 0.448. The summed E-state index contributed by atoms with van der Waals surface area (Å²) in [5.74, 6) is 0.436. The Kier molecular flexibility index (Phi) is 9.12. The Morgan fingerprint density at radius 1 is 0.974 bits per heavy atom. The Balaban J connectivity index is 1.79. The summed E-state index contributed by atoms with van der Waals surface area (Å²) in [7, 11) is 1.58. The van der Waals surface area contributed by atoms with Crippen molar-refractivity contribution in [2.75, 3.05) is 46.7 Å². The molecule has 9 nitrogen and oxygen atoms in total. The second kappa shape index (κ2) is 12.7. The summed E-state index contributed by atoms with van der Waals surface area (Å²) in [4.78, 5) is 28.0. The number of methoxy groups -OCH3 is 1. The number of ketones is 1. The molecule has 1 atom stereocenters. The lowest BCUT2D eigenvalue weighted by Gasteiger charge is -2.26. The van der Waals surface area contributed by atoms with Gasteiger partial charge in [0.2, 0.25) is 0 Å². The van der Waals surface area contributed by atoms with Crippen LogP contribution >= 0.6 is 0 Å². The van der Waals surface area contributed by atoms with Crippen LogP contribution in [0.25, 0.3) is 5.76 Å². The van der Waals surface area contributed by atoms with Crippen molar-refractivity contribution in [3.05, 3.63) is 53.1 Å². The Labute approximate surface area is 222 Å². The highest BCUT2D eigenvalue weighted by Gasteiger charge is 2.46. The van der Waals surface area contributed by atoms with Crippen LogP contribution in [0.2, 0.25) is 0 Å². The predicted molar refractivity (Wildman–Crippen MR) is 141 cm³/mol. The second-order valence-corrected chi connectivity index (χ2v) is 9.04. The first-order valence-electron chi connectivity index (χ1n) is 13.1. The number of Topliss-reactive ketones (excluding diaryl/α,β-unsaturated/α-hetero) is 1. The van der Waals surface area contributed by atoms with Gasteiger partial charge in [-0.05, 0) is 55.7 Å².